The maximum Gasteiger partial charge on any atom is 0.173 e. The summed E-state index contributed by atoms with van der Waals surface area (Å²) in [5.41, 5.74) is 4.80. The Kier molecular flexibility index (Phi) is 10.0. The lowest BCUT2D eigenvalue weighted by Gasteiger charge is -2.29. The van der Waals surface area contributed by atoms with E-state index in [0.29, 0.717) is 6.71 Å². The lowest BCUT2D eigenvalue weighted by Crippen LogP contribution is -2.36. The SMILES string of the molecule is C=CCB(CC=C)/C(=C(/C=C\C#C[Si](C)(C)C)CC=C)[Si](C)(C)C. The fourth-order valence-electron chi connectivity index (χ4n) is 2.91. The van der Waals surface area contributed by atoms with E-state index in [9.17, 15) is 0 Å². The summed E-state index contributed by atoms with van der Waals surface area (Å²) in [5, 5.41) is 1.60. The number of allylic oxidation sites excluding steroid dienone is 6. The van der Waals surface area contributed by atoms with Crippen LogP contribution in [0.25, 0.3) is 0 Å². The van der Waals surface area contributed by atoms with E-state index < -0.39 is 16.1 Å². The van der Waals surface area contributed by atoms with Crippen LogP contribution in [0.4, 0.5) is 0 Å². The smallest absolute Gasteiger partial charge is 0.127 e. The largest absolute Gasteiger partial charge is 0.173 e. The zero-order valence-electron chi connectivity index (χ0n) is 16.7. The molecule has 0 aliphatic carbocycles. The van der Waals surface area contributed by atoms with Gasteiger partial charge in [0.25, 0.3) is 0 Å². The minimum Gasteiger partial charge on any atom is -0.127 e. The van der Waals surface area contributed by atoms with Crippen LogP contribution in [0.15, 0.2) is 60.8 Å². The lowest BCUT2D eigenvalue weighted by molar-refractivity contribution is 1.28. The van der Waals surface area contributed by atoms with E-state index in [2.05, 4.69) is 76.6 Å². The average molecular weight is 354 g/mol. The summed E-state index contributed by atoms with van der Waals surface area (Å²) in [4.78, 5) is 0. The highest BCUT2D eigenvalue weighted by Crippen LogP contribution is 2.28. The van der Waals surface area contributed by atoms with Crippen molar-refractivity contribution in [3.8, 4) is 11.5 Å². The first-order chi connectivity index (χ1) is 11.1. The van der Waals surface area contributed by atoms with Crippen LogP contribution in [0.3, 0.4) is 0 Å². The Hall–Kier alpha value is -1.24. The van der Waals surface area contributed by atoms with Crippen molar-refractivity contribution in [1.82, 2.24) is 0 Å². The molecule has 0 aliphatic heterocycles. The van der Waals surface area contributed by atoms with Gasteiger partial charge < -0.3 is 0 Å². The molecule has 0 heterocycles. The van der Waals surface area contributed by atoms with Crippen molar-refractivity contribution >= 4 is 22.9 Å². The normalized spacial score (nSPS) is 12.9. The van der Waals surface area contributed by atoms with Crippen LogP contribution in [0, 0.1) is 11.5 Å². The molecule has 0 saturated carbocycles. The van der Waals surface area contributed by atoms with E-state index in [0.717, 1.165) is 19.1 Å². The summed E-state index contributed by atoms with van der Waals surface area (Å²) in [6, 6.07) is 0. The van der Waals surface area contributed by atoms with Crippen molar-refractivity contribution in [2.24, 2.45) is 0 Å². The molecule has 0 saturated heterocycles. The fourth-order valence-corrected chi connectivity index (χ4v) is 6.04. The van der Waals surface area contributed by atoms with Crippen LogP contribution in [0.2, 0.25) is 51.9 Å². The number of hydrogen-bond donors (Lipinski definition) is 0. The summed E-state index contributed by atoms with van der Waals surface area (Å²) < 4.78 is 0. The van der Waals surface area contributed by atoms with Crippen molar-refractivity contribution in [1.29, 1.82) is 0 Å². The summed E-state index contributed by atoms with van der Waals surface area (Å²) in [5.74, 6) is 3.26. The van der Waals surface area contributed by atoms with Crippen molar-refractivity contribution < 1.29 is 0 Å². The molecule has 0 aromatic carbocycles. The van der Waals surface area contributed by atoms with E-state index in [1.54, 1.807) is 5.10 Å². The minimum absolute atomic E-state index is 0.496. The highest BCUT2D eigenvalue weighted by molar-refractivity contribution is 6.98. The highest BCUT2D eigenvalue weighted by atomic mass is 28.3. The standard InChI is InChI=1S/C21H35BSi2/c1-10-15-20(16-13-14-19-23(4,5)6)21(24(7,8)9)22(17-11-2)18-12-3/h10-13,16H,1-3,15,17-18H2,4-9H3/b16-13-,21-20-. The molecule has 0 aromatic heterocycles. The molecule has 130 valence electrons. The third kappa shape index (κ3) is 9.15. The van der Waals surface area contributed by atoms with Crippen LogP contribution < -0.4 is 0 Å². The van der Waals surface area contributed by atoms with Crippen molar-refractivity contribution in [2.45, 2.75) is 58.3 Å². The molecule has 24 heavy (non-hydrogen) atoms. The zero-order chi connectivity index (χ0) is 18.8. The second kappa shape index (κ2) is 10.6. The predicted molar refractivity (Wildman–Crippen MR) is 121 cm³/mol. The van der Waals surface area contributed by atoms with Crippen molar-refractivity contribution in [3.63, 3.8) is 0 Å². The van der Waals surface area contributed by atoms with Gasteiger partial charge in [0, 0.05) is 0 Å². The van der Waals surface area contributed by atoms with E-state index >= 15 is 0 Å². The van der Waals surface area contributed by atoms with E-state index in [4.69, 9.17) is 0 Å². The number of hydrogen-bond acceptors (Lipinski definition) is 0. The number of rotatable bonds is 9. The second-order valence-electron chi connectivity index (χ2n) is 8.28. The topological polar surface area (TPSA) is 0 Å². The molecular formula is C21H35BSi2. The first-order valence-corrected chi connectivity index (χ1v) is 15.8. The molecule has 0 aliphatic rings. The van der Waals surface area contributed by atoms with Crippen LogP contribution in [-0.2, 0) is 0 Å². The molecule has 0 radical (unpaired) electrons. The van der Waals surface area contributed by atoms with Gasteiger partial charge in [-0.25, -0.2) is 0 Å². The second-order valence-corrected chi connectivity index (χ2v) is 18.1. The molecule has 0 aromatic rings. The average Bonchev–Trinajstić information content (AvgIpc) is 2.41. The van der Waals surface area contributed by atoms with Gasteiger partial charge in [-0.05, 0) is 12.5 Å². The van der Waals surface area contributed by atoms with Crippen LogP contribution >= 0.6 is 0 Å². The molecule has 0 nitrogen and oxygen atoms in total. The predicted octanol–water partition coefficient (Wildman–Crippen LogP) is 6.58. The Balaban J connectivity index is 6.04. The molecule has 0 fully saturated rings. The molecule has 0 amide bonds. The summed E-state index contributed by atoms with van der Waals surface area (Å²) in [6.07, 6.45) is 13.2. The molecule has 0 unspecified atom stereocenters. The van der Waals surface area contributed by atoms with Gasteiger partial charge in [0.1, 0.15) is 8.07 Å². The fraction of sp³-hybridized carbons (Fsp3) is 0.429. The van der Waals surface area contributed by atoms with Gasteiger partial charge in [-0.2, -0.15) is 0 Å². The van der Waals surface area contributed by atoms with Crippen LogP contribution in [-0.4, -0.2) is 22.9 Å². The summed E-state index contributed by atoms with van der Waals surface area (Å²) in [6.45, 7) is 26.5. The van der Waals surface area contributed by atoms with Gasteiger partial charge in [0.05, 0.1) is 8.07 Å². The zero-order valence-corrected chi connectivity index (χ0v) is 18.7. The van der Waals surface area contributed by atoms with Gasteiger partial charge in [-0.3, -0.25) is 0 Å². The minimum atomic E-state index is -1.48. The first-order valence-electron chi connectivity index (χ1n) is 8.82. The maximum atomic E-state index is 3.96. The highest BCUT2D eigenvalue weighted by Gasteiger charge is 2.29. The van der Waals surface area contributed by atoms with Gasteiger partial charge >= 0.3 is 0 Å². The Morgan fingerprint density at radius 2 is 1.46 bits per heavy atom. The molecule has 3 heteroatoms. The lowest BCUT2D eigenvalue weighted by atomic mass is 9.44. The van der Waals surface area contributed by atoms with Crippen molar-refractivity contribution in [3.05, 3.63) is 60.8 Å². The van der Waals surface area contributed by atoms with Crippen molar-refractivity contribution in [2.75, 3.05) is 0 Å². The van der Waals surface area contributed by atoms with Gasteiger partial charge in [-0.1, -0.05) is 87.7 Å². The Labute approximate surface area is 153 Å². The molecule has 0 bridgehead atoms. The molecule has 0 N–H and O–H groups in total. The van der Waals surface area contributed by atoms with E-state index in [1.165, 1.54) is 5.57 Å². The third-order valence-corrected chi connectivity index (χ3v) is 6.88. The van der Waals surface area contributed by atoms with E-state index in [1.807, 2.05) is 24.3 Å². The molecule has 0 spiro atoms. The molecule has 0 rings (SSSR count). The quantitative estimate of drug-likeness (QED) is 0.190. The van der Waals surface area contributed by atoms with Gasteiger partial charge in [0.2, 0.25) is 0 Å². The Morgan fingerprint density at radius 3 is 1.83 bits per heavy atom. The summed E-state index contributed by atoms with van der Waals surface area (Å²) in [7, 11) is -2.80. The van der Waals surface area contributed by atoms with Crippen LogP contribution in [0.5, 0.6) is 0 Å². The Bertz CT molecular complexity index is 547. The van der Waals surface area contributed by atoms with Gasteiger partial charge in [0.15, 0.2) is 6.71 Å². The maximum absolute atomic E-state index is 3.96. The van der Waals surface area contributed by atoms with Gasteiger partial charge in [-0.15, -0.1) is 30.4 Å². The molecular weight excluding hydrogens is 319 g/mol. The Morgan fingerprint density at radius 1 is 0.917 bits per heavy atom. The van der Waals surface area contributed by atoms with Crippen LogP contribution in [0.1, 0.15) is 6.42 Å². The monoisotopic (exact) mass is 354 g/mol. The summed E-state index contributed by atoms with van der Waals surface area (Å²) >= 11 is 0. The third-order valence-electron chi connectivity index (χ3n) is 3.64. The van der Waals surface area contributed by atoms with E-state index in [-0.39, 0.29) is 0 Å². The molecule has 0 atom stereocenters. The first kappa shape index (κ1) is 22.8.